The molecule has 1 aromatic carbocycles. The van der Waals surface area contributed by atoms with Crippen LogP contribution >= 0.6 is 0 Å². The fourth-order valence-electron chi connectivity index (χ4n) is 2.37. The Hall–Kier alpha value is -1.42. The van der Waals surface area contributed by atoms with Gasteiger partial charge in [-0.3, -0.25) is 0 Å². The molecule has 0 N–H and O–H groups in total. The molecule has 0 aliphatic rings. The van der Waals surface area contributed by atoms with E-state index < -0.39 is 10.0 Å². The summed E-state index contributed by atoms with van der Waals surface area (Å²) < 4.78 is 26.6. The van der Waals surface area contributed by atoms with Gasteiger partial charge in [-0.2, -0.15) is 9.57 Å². The first-order chi connectivity index (χ1) is 9.80. The summed E-state index contributed by atoms with van der Waals surface area (Å²) in [4.78, 5) is 1.98. The number of likely N-dealkylation sites (N-methyl/N-ethyl adjacent to an activating group) is 2. The summed E-state index contributed by atoms with van der Waals surface area (Å²) in [6.07, 6.45) is 0. The normalized spacial score (nSPS) is 13.4. The Morgan fingerprint density at radius 2 is 1.81 bits per heavy atom. The Bertz CT molecular complexity index is 588. The van der Waals surface area contributed by atoms with E-state index in [2.05, 4.69) is 0 Å². The zero-order valence-corrected chi connectivity index (χ0v) is 13.9. The van der Waals surface area contributed by atoms with E-state index in [9.17, 15) is 8.42 Å². The molecule has 1 aromatic rings. The van der Waals surface area contributed by atoms with Crippen molar-refractivity contribution in [3.8, 4) is 6.07 Å². The smallest absolute Gasteiger partial charge is 0.218 e. The lowest BCUT2D eigenvalue weighted by atomic mass is 10.2. The van der Waals surface area contributed by atoms with Gasteiger partial charge in [0.2, 0.25) is 10.0 Å². The Kier molecular flexibility index (Phi) is 6.34. The lowest BCUT2D eigenvalue weighted by Gasteiger charge is -2.29. The van der Waals surface area contributed by atoms with Crippen LogP contribution in [0.25, 0.3) is 0 Å². The second-order valence-corrected chi connectivity index (χ2v) is 7.30. The van der Waals surface area contributed by atoms with Crippen LogP contribution in [-0.4, -0.2) is 50.8 Å². The van der Waals surface area contributed by atoms with Crippen LogP contribution in [0.3, 0.4) is 0 Å². The van der Waals surface area contributed by atoms with Gasteiger partial charge >= 0.3 is 0 Å². The van der Waals surface area contributed by atoms with E-state index in [0.717, 1.165) is 0 Å². The molecular formula is C15H23N3O2S. The molecule has 0 aliphatic carbocycles. The molecule has 0 spiro atoms. The predicted molar refractivity (Wildman–Crippen MR) is 84.2 cm³/mol. The van der Waals surface area contributed by atoms with Crippen molar-refractivity contribution in [3.63, 3.8) is 0 Å². The molecule has 1 unspecified atom stereocenters. The van der Waals surface area contributed by atoms with Crippen LogP contribution in [0.5, 0.6) is 0 Å². The molecule has 0 bridgehead atoms. The van der Waals surface area contributed by atoms with E-state index in [4.69, 9.17) is 5.26 Å². The van der Waals surface area contributed by atoms with Crippen molar-refractivity contribution in [1.29, 1.82) is 5.26 Å². The maximum absolute atomic E-state index is 12.6. The molecule has 0 aromatic heterocycles. The van der Waals surface area contributed by atoms with Crippen molar-refractivity contribution in [2.75, 3.05) is 27.2 Å². The number of hydrogen-bond donors (Lipinski definition) is 0. The summed E-state index contributed by atoms with van der Waals surface area (Å²) in [7, 11) is 0.490. The van der Waals surface area contributed by atoms with Gasteiger partial charge in [0.15, 0.2) is 0 Å². The summed E-state index contributed by atoms with van der Waals surface area (Å²) in [5.41, 5.74) is 1.23. The zero-order chi connectivity index (χ0) is 16.0. The molecule has 0 saturated carbocycles. The quantitative estimate of drug-likeness (QED) is 0.768. The van der Waals surface area contributed by atoms with Gasteiger partial charge < -0.3 is 4.90 Å². The maximum Gasteiger partial charge on any atom is 0.218 e. The standard InChI is InChI=1S/C15H23N3O2S/c1-5-18(13(2)11-17(3)4)21(19,20)12-15-8-6-14(10-16)7-9-15/h6-9,13H,5,11-12H2,1-4H3. The molecule has 21 heavy (non-hydrogen) atoms. The van der Waals surface area contributed by atoms with Crippen LogP contribution in [0.4, 0.5) is 0 Å². The Morgan fingerprint density at radius 3 is 2.24 bits per heavy atom. The Morgan fingerprint density at radius 1 is 1.24 bits per heavy atom. The van der Waals surface area contributed by atoms with E-state index >= 15 is 0 Å². The average Bonchev–Trinajstić information content (AvgIpc) is 2.38. The average molecular weight is 309 g/mol. The zero-order valence-electron chi connectivity index (χ0n) is 13.1. The molecule has 1 atom stereocenters. The van der Waals surface area contributed by atoms with Crippen LogP contribution in [0.2, 0.25) is 0 Å². The van der Waals surface area contributed by atoms with Crippen molar-refractivity contribution < 1.29 is 8.42 Å². The fraction of sp³-hybridized carbons (Fsp3) is 0.533. The van der Waals surface area contributed by atoms with Crippen LogP contribution in [0.15, 0.2) is 24.3 Å². The highest BCUT2D eigenvalue weighted by Gasteiger charge is 2.26. The lowest BCUT2D eigenvalue weighted by molar-refractivity contribution is 0.271. The minimum absolute atomic E-state index is 0.0374. The molecule has 0 aliphatic heterocycles. The van der Waals surface area contributed by atoms with Gasteiger partial charge in [0.05, 0.1) is 17.4 Å². The van der Waals surface area contributed by atoms with Gasteiger partial charge in [0, 0.05) is 19.1 Å². The molecule has 5 nitrogen and oxygen atoms in total. The van der Waals surface area contributed by atoms with Crippen molar-refractivity contribution in [2.24, 2.45) is 0 Å². The highest BCUT2D eigenvalue weighted by Crippen LogP contribution is 2.15. The van der Waals surface area contributed by atoms with E-state index in [1.165, 1.54) is 4.31 Å². The summed E-state index contributed by atoms with van der Waals surface area (Å²) in [5.74, 6) is -0.0374. The second-order valence-electron chi connectivity index (χ2n) is 5.38. The fourth-order valence-corrected chi connectivity index (χ4v) is 4.16. The first kappa shape index (κ1) is 17.6. The topological polar surface area (TPSA) is 64.4 Å². The number of hydrogen-bond acceptors (Lipinski definition) is 4. The third-order valence-corrected chi connectivity index (χ3v) is 5.25. The monoisotopic (exact) mass is 309 g/mol. The minimum atomic E-state index is -3.37. The summed E-state index contributed by atoms with van der Waals surface area (Å²) in [5, 5.41) is 8.76. The SMILES string of the molecule is CCN(C(C)CN(C)C)S(=O)(=O)Cc1ccc(C#N)cc1. The van der Waals surface area contributed by atoms with Gasteiger partial charge in [0.1, 0.15) is 0 Å². The van der Waals surface area contributed by atoms with Crippen molar-refractivity contribution in [2.45, 2.75) is 25.6 Å². The maximum atomic E-state index is 12.6. The molecular weight excluding hydrogens is 286 g/mol. The number of rotatable bonds is 7. The van der Waals surface area contributed by atoms with E-state index in [1.807, 2.05) is 38.9 Å². The highest BCUT2D eigenvalue weighted by atomic mass is 32.2. The minimum Gasteiger partial charge on any atom is -0.308 e. The van der Waals surface area contributed by atoms with Crippen molar-refractivity contribution >= 4 is 10.0 Å². The van der Waals surface area contributed by atoms with Crippen LogP contribution in [0, 0.1) is 11.3 Å². The molecule has 1 rings (SSSR count). The molecule has 0 radical (unpaired) electrons. The number of sulfonamides is 1. The number of benzene rings is 1. The van der Waals surface area contributed by atoms with Gasteiger partial charge in [-0.25, -0.2) is 8.42 Å². The second kappa shape index (κ2) is 7.55. The molecule has 0 amide bonds. The van der Waals surface area contributed by atoms with Crippen molar-refractivity contribution in [3.05, 3.63) is 35.4 Å². The number of nitrogens with zero attached hydrogens (tertiary/aromatic N) is 3. The molecule has 0 fully saturated rings. The van der Waals surface area contributed by atoms with Gasteiger partial charge in [-0.15, -0.1) is 0 Å². The first-order valence-corrected chi connectivity index (χ1v) is 8.54. The molecule has 6 heteroatoms. The van der Waals surface area contributed by atoms with Gasteiger partial charge in [-0.05, 0) is 38.7 Å². The summed E-state index contributed by atoms with van der Waals surface area (Å²) >= 11 is 0. The van der Waals surface area contributed by atoms with Crippen LogP contribution in [0.1, 0.15) is 25.0 Å². The molecule has 0 saturated heterocycles. The lowest BCUT2D eigenvalue weighted by Crippen LogP contribution is -2.44. The number of nitriles is 1. The van der Waals surface area contributed by atoms with Crippen molar-refractivity contribution in [1.82, 2.24) is 9.21 Å². The predicted octanol–water partition coefficient (Wildman–Crippen LogP) is 1.66. The van der Waals surface area contributed by atoms with Crippen LogP contribution < -0.4 is 0 Å². The largest absolute Gasteiger partial charge is 0.308 e. The van der Waals surface area contributed by atoms with Gasteiger partial charge in [0.25, 0.3) is 0 Å². The highest BCUT2D eigenvalue weighted by molar-refractivity contribution is 7.88. The third kappa shape index (κ3) is 5.12. The van der Waals surface area contributed by atoms with E-state index in [0.29, 0.717) is 24.2 Å². The first-order valence-electron chi connectivity index (χ1n) is 6.93. The third-order valence-electron chi connectivity index (χ3n) is 3.22. The Labute approximate surface area is 127 Å². The molecule has 0 heterocycles. The molecule has 116 valence electrons. The summed E-state index contributed by atoms with van der Waals surface area (Å²) in [6, 6.07) is 8.63. The van der Waals surface area contributed by atoms with Crippen LogP contribution in [-0.2, 0) is 15.8 Å². The summed E-state index contributed by atoms with van der Waals surface area (Å²) in [6.45, 7) is 4.90. The Balaban J connectivity index is 2.89. The van der Waals surface area contributed by atoms with E-state index in [1.54, 1.807) is 24.3 Å². The van der Waals surface area contributed by atoms with E-state index in [-0.39, 0.29) is 11.8 Å². The van der Waals surface area contributed by atoms with Gasteiger partial charge in [-0.1, -0.05) is 19.1 Å².